The first-order chi connectivity index (χ1) is 8.62. The van der Waals surface area contributed by atoms with E-state index in [9.17, 15) is 5.11 Å². The number of nitrogens with one attached hydrogen (secondary N) is 1. The Balaban J connectivity index is 2.33. The molecule has 2 N–H and O–H groups in total. The first-order valence-corrected chi connectivity index (χ1v) is 8.39. The predicted octanol–water partition coefficient (Wildman–Crippen LogP) is 3.15. The van der Waals surface area contributed by atoms with Crippen molar-refractivity contribution >= 4 is 23.1 Å². The Hall–Kier alpha value is -0.100. The molecule has 0 aliphatic rings. The van der Waals surface area contributed by atoms with E-state index >= 15 is 0 Å². The molecule has 0 amide bonds. The van der Waals surface area contributed by atoms with Crippen molar-refractivity contribution in [3.05, 3.63) is 11.6 Å². The highest BCUT2D eigenvalue weighted by Crippen LogP contribution is 2.24. The summed E-state index contributed by atoms with van der Waals surface area (Å²) in [4.78, 5) is 4.26. The Morgan fingerprint density at radius 1 is 1.56 bits per heavy atom. The molecular weight excluding hydrogens is 264 g/mol. The summed E-state index contributed by atoms with van der Waals surface area (Å²) in [5.41, 5.74) is -0.113. The second kappa shape index (κ2) is 8.15. The molecule has 104 valence electrons. The van der Waals surface area contributed by atoms with Gasteiger partial charge in [-0.05, 0) is 19.3 Å². The zero-order valence-corrected chi connectivity index (χ0v) is 13.1. The van der Waals surface area contributed by atoms with Gasteiger partial charge >= 0.3 is 0 Å². The zero-order valence-electron chi connectivity index (χ0n) is 11.5. The van der Waals surface area contributed by atoms with Gasteiger partial charge in [0.05, 0.1) is 6.61 Å². The average Bonchev–Trinajstić information content (AvgIpc) is 2.85. The van der Waals surface area contributed by atoms with Crippen LogP contribution in [0.5, 0.6) is 0 Å². The van der Waals surface area contributed by atoms with E-state index in [0.29, 0.717) is 6.04 Å². The lowest BCUT2D eigenvalue weighted by Crippen LogP contribution is -2.51. The monoisotopic (exact) mass is 288 g/mol. The lowest BCUT2D eigenvalue weighted by atomic mass is 9.91. The van der Waals surface area contributed by atoms with E-state index in [0.717, 1.165) is 29.4 Å². The van der Waals surface area contributed by atoms with Crippen LogP contribution in [-0.4, -0.2) is 34.0 Å². The maximum Gasteiger partial charge on any atom is 0.149 e. The van der Waals surface area contributed by atoms with Crippen molar-refractivity contribution in [2.75, 3.05) is 12.4 Å². The van der Waals surface area contributed by atoms with E-state index in [1.54, 1.807) is 23.1 Å². The lowest BCUT2D eigenvalue weighted by molar-refractivity contribution is 0.137. The number of aliphatic hydroxyl groups excluding tert-OH is 1. The lowest BCUT2D eigenvalue weighted by Gasteiger charge is -2.34. The summed E-state index contributed by atoms with van der Waals surface area (Å²) in [7, 11) is 0. The first-order valence-electron chi connectivity index (χ1n) is 6.53. The van der Waals surface area contributed by atoms with Gasteiger partial charge in [0, 0.05) is 28.9 Å². The van der Waals surface area contributed by atoms with Crippen LogP contribution in [0, 0.1) is 0 Å². The van der Waals surface area contributed by atoms with Gasteiger partial charge in [-0.15, -0.1) is 11.3 Å². The number of hydrogen-bond donors (Lipinski definition) is 2. The van der Waals surface area contributed by atoms with Crippen molar-refractivity contribution < 1.29 is 5.11 Å². The van der Waals surface area contributed by atoms with Crippen LogP contribution < -0.4 is 5.32 Å². The van der Waals surface area contributed by atoms with Crippen LogP contribution >= 0.6 is 23.1 Å². The van der Waals surface area contributed by atoms with E-state index < -0.39 is 0 Å². The van der Waals surface area contributed by atoms with Crippen LogP contribution in [0.15, 0.2) is 15.9 Å². The standard InChI is InChI=1S/C13H24N2OS2/c1-4-13(10-16,15-11(2)3)6-5-8-17-12-14-7-9-18-12/h7,9,11,15-16H,4-6,8,10H2,1-3H3. The molecule has 1 heterocycles. The Labute approximate surface area is 118 Å². The average molecular weight is 288 g/mol. The van der Waals surface area contributed by atoms with Crippen LogP contribution in [-0.2, 0) is 0 Å². The molecule has 1 unspecified atom stereocenters. The van der Waals surface area contributed by atoms with E-state index in [1.807, 2.05) is 11.6 Å². The fourth-order valence-corrected chi connectivity index (χ4v) is 3.70. The molecule has 0 saturated carbocycles. The molecule has 1 atom stereocenters. The highest BCUT2D eigenvalue weighted by molar-refractivity contribution is 8.00. The molecule has 0 spiro atoms. The third-order valence-corrected chi connectivity index (χ3v) is 5.06. The molecule has 1 rings (SSSR count). The molecule has 0 bridgehead atoms. The van der Waals surface area contributed by atoms with Gasteiger partial charge in [0.1, 0.15) is 4.34 Å². The predicted molar refractivity (Wildman–Crippen MR) is 80.5 cm³/mol. The van der Waals surface area contributed by atoms with Crippen LogP contribution in [0.1, 0.15) is 40.0 Å². The second-order valence-corrected chi connectivity index (χ2v) is 7.08. The Kier molecular flexibility index (Phi) is 7.22. The number of thioether (sulfide) groups is 1. The maximum absolute atomic E-state index is 9.63. The van der Waals surface area contributed by atoms with E-state index in [2.05, 4.69) is 31.1 Å². The van der Waals surface area contributed by atoms with Gasteiger partial charge < -0.3 is 10.4 Å². The fourth-order valence-electron chi connectivity index (χ4n) is 2.05. The minimum absolute atomic E-state index is 0.113. The zero-order chi connectivity index (χ0) is 13.4. The molecule has 0 fully saturated rings. The van der Waals surface area contributed by atoms with Crippen LogP contribution in [0.4, 0.5) is 0 Å². The summed E-state index contributed by atoms with van der Waals surface area (Å²) in [5.74, 6) is 1.06. The number of nitrogens with zero attached hydrogens (tertiary/aromatic N) is 1. The highest BCUT2D eigenvalue weighted by Gasteiger charge is 2.27. The normalized spacial score (nSPS) is 14.9. The summed E-state index contributed by atoms with van der Waals surface area (Å²) in [6, 6.07) is 0.406. The van der Waals surface area contributed by atoms with Crippen molar-refractivity contribution in [2.45, 2.75) is 56.0 Å². The highest BCUT2D eigenvalue weighted by atomic mass is 32.2. The van der Waals surface area contributed by atoms with Gasteiger partial charge in [-0.2, -0.15) is 0 Å². The molecule has 0 aliphatic carbocycles. The fraction of sp³-hybridized carbons (Fsp3) is 0.769. The topological polar surface area (TPSA) is 45.2 Å². The maximum atomic E-state index is 9.63. The number of rotatable bonds is 9. The van der Waals surface area contributed by atoms with Crippen LogP contribution in [0.25, 0.3) is 0 Å². The van der Waals surface area contributed by atoms with Gasteiger partial charge in [-0.25, -0.2) is 4.98 Å². The van der Waals surface area contributed by atoms with Crippen LogP contribution in [0.2, 0.25) is 0 Å². The Bertz CT molecular complexity index is 311. The summed E-state index contributed by atoms with van der Waals surface area (Å²) in [6.45, 7) is 6.61. The molecule has 3 nitrogen and oxygen atoms in total. The molecule has 5 heteroatoms. The second-order valence-electron chi connectivity index (χ2n) is 4.84. The molecule has 0 radical (unpaired) electrons. The van der Waals surface area contributed by atoms with E-state index in [1.165, 1.54) is 0 Å². The molecule has 1 aromatic rings. The number of aliphatic hydroxyl groups is 1. The summed E-state index contributed by atoms with van der Waals surface area (Å²) in [6.07, 6.45) is 4.91. The van der Waals surface area contributed by atoms with E-state index in [-0.39, 0.29) is 12.1 Å². The Morgan fingerprint density at radius 3 is 2.83 bits per heavy atom. The van der Waals surface area contributed by atoms with Gasteiger partial charge in [-0.1, -0.05) is 32.5 Å². The summed E-state index contributed by atoms with van der Waals surface area (Å²) in [5, 5.41) is 15.1. The molecule has 0 aromatic carbocycles. The van der Waals surface area contributed by atoms with Crippen molar-refractivity contribution in [3.8, 4) is 0 Å². The quantitative estimate of drug-likeness (QED) is 0.541. The smallest absolute Gasteiger partial charge is 0.149 e. The minimum atomic E-state index is -0.113. The van der Waals surface area contributed by atoms with Crippen molar-refractivity contribution in [1.82, 2.24) is 10.3 Å². The van der Waals surface area contributed by atoms with Gasteiger partial charge in [-0.3, -0.25) is 0 Å². The van der Waals surface area contributed by atoms with Gasteiger partial charge in [0.2, 0.25) is 0 Å². The minimum Gasteiger partial charge on any atom is -0.394 e. The van der Waals surface area contributed by atoms with Crippen molar-refractivity contribution in [1.29, 1.82) is 0 Å². The Morgan fingerprint density at radius 2 is 2.33 bits per heavy atom. The third kappa shape index (κ3) is 5.26. The van der Waals surface area contributed by atoms with Gasteiger partial charge in [0.25, 0.3) is 0 Å². The largest absolute Gasteiger partial charge is 0.394 e. The van der Waals surface area contributed by atoms with Crippen LogP contribution in [0.3, 0.4) is 0 Å². The SMILES string of the molecule is CCC(CO)(CCCSc1nccs1)NC(C)C. The molecule has 1 aromatic heterocycles. The number of aromatic nitrogens is 1. The number of thiazole rings is 1. The van der Waals surface area contributed by atoms with Gasteiger partial charge in [0.15, 0.2) is 0 Å². The summed E-state index contributed by atoms with van der Waals surface area (Å²) < 4.78 is 1.14. The van der Waals surface area contributed by atoms with E-state index in [4.69, 9.17) is 0 Å². The number of hydrogen-bond acceptors (Lipinski definition) is 5. The summed E-state index contributed by atoms with van der Waals surface area (Å²) >= 11 is 3.50. The molecule has 0 saturated heterocycles. The molecular formula is C13H24N2OS2. The molecule has 0 aliphatic heterocycles. The van der Waals surface area contributed by atoms with Crippen molar-refractivity contribution in [2.24, 2.45) is 0 Å². The first kappa shape index (κ1) is 16.0. The molecule has 18 heavy (non-hydrogen) atoms. The third-order valence-electron chi connectivity index (χ3n) is 3.01. The van der Waals surface area contributed by atoms with Crippen molar-refractivity contribution in [3.63, 3.8) is 0 Å².